The maximum Gasteiger partial charge on any atom is 0.295 e. The van der Waals surface area contributed by atoms with Crippen LogP contribution in [-0.4, -0.2) is 61.8 Å². The lowest BCUT2D eigenvalue weighted by molar-refractivity contribution is -0.140. The molecule has 1 heterocycles. The second-order valence-corrected chi connectivity index (χ2v) is 8.45. The molecule has 0 aromatic heterocycles. The van der Waals surface area contributed by atoms with Gasteiger partial charge in [-0.15, -0.1) is 0 Å². The number of carbonyl (C=O) groups excluding carboxylic acids is 2. The minimum absolute atomic E-state index is 0.0204. The Morgan fingerprint density at radius 2 is 1.75 bits per heavy atom. The molecule has 36 heavy (non-hydrogen) atoms. The van der Waals surface area contributed by atoms with Crippen molar-refractivity contribution in [1.29, 1.82) is 0 Å². The zero-order chi connectivity index (χ0) is 26.4. The largest absolute Gasteiger partial charge is 0.507 e. The lowest BCUT2D eigenvalue weighted by atomic mass is 9.94. The number of nitrogens with zero attached hydrogens (tertiary/aromatic N) is 1. The van der Waals surface area contributed by atoms with Crippen LogP contribution in [0.5, 0.6) is 17.2 Å². The topological polar surface area (TPSA) is 94.5 Å². The number of amides is 1. The van der Waals surface area contributed by atoms with Crippen molar-refractivity contribution in [3.8, 4) is 17.2 Å². The van der Waals surface area contributed by atoms with Crippen LogP contribution in [0.25, 0.3) is 5.76 Å². The molecule has 1 fully saturated rings. The minimum Gasteiger partial charge on any atom is -0.507 e. The molecule has 0 spiro atoms. The zero-order valence-electron chi connectivity index (χ0n) is 21.2. The quantitative estimate of drug-likeness (QED) is 0.210. The fraction of sp³-hybridized carbons (Fsp3) is 0.407. The standard InChI is InChI=1S/C27H32FNO7/c1-6-35-22-14-17(8-10-21(22)34-5)24-23(25(30)19-15-18(28)9-11-20(19)33-4)26(31)27(32)29(24)12-7-13-36-16(2)3/h8-11,14-16,24,30H,6-7,12-13H2,1-5H3/b25-23+. The molecule has 0 radical (unpaired) electrons. The van der Waals surface area contributed by atoms with Crippen molar-refractivity contribution >= 4 is 17.4 Å². The SMILES string of the molecule is CCOc1cc(C2/C(=C(\O)c3cc(F)ccc3OC)C(=O)C(=O)N2CCCOC(C)C)ccc1OC. The van der Waals surface area contributed by atoms with Crippen molar-refractivity contribution in [2.75, 3.05) is 34.0 Å². The minimum atomic E-state index is -0.942. The molecule has 1 amide bonds. The Bertz CT molecular complexity index is 1140. The predicted molar refractivity (Wildman–Crippen MR) is 132 cm³/mol. The fourth-order valence-corrected chi connectivity index (χ4v) is 4.15. The molecule has 3 rings (SSSR count). The molecule has 2 aromatic carbocycles. The number of hydrogen-bond donors (Lipinski definition) is 1. The van der Waals surface area contributed by atoms with Crippen LogP contribution < -0.4 is 14.2 Å². The second-order valence-electron chi connectivity index (χ2n) is 8.45. The summed E-state index contributed by atoms with van der Waals surface area (Å²) in [6.07, 6.45) is 0.492. The number of aliphatic hydroxyl groups excluding tert-OH is 1. The van der Waals surface area contributed by atoms with Gasteiger partial charge in [0.15, 0.2) is 11.5 Å². The number of ether oxygens (including phenoxy) is 4. The fourth-order valence-electron chi connectivity index (χ4n) is 4.15. The van der Waals surface area contributed by atoms with Crippen molar-refractivity contribution in [3.05, 3.63) is 58.9 Å². The molecule has 0 bridgehead atoms. The smallest absolute Gasteiger partial charge is 0.295 e. The van der Waals surface area contributed by atoms with E-state index < -0.39 is 29.3 Å². The van der Waals surface area contributed by atoms with Crippen LogP contribution in [0.3, 0.4) is 0 Å². The molecule has 194 valence electrons. The highest BCUT2D eigenvalue weighted by molar-refractivity contribution is 6.46. The Kier molecular flexibility index (Phi) is 8.93. The van der Waals surface area contributed by atoms with E-state index >= 15 is 0 Å². The van der Waals surface area contributed by atoms with E-state index in [1.165, 1.54) is 31.3 Å². The van der Waals surface area contributed by atoms with Gasteiger partial charge in [0, 0.05) is 13.2 Å². The normalized spacial score (nSPS) is 17.1. The monoisotopic (exact) mass is 501 g/mol. The summed E-state index contributed by atoms with van der Waals surface area (Å²) in [6.45, 7) is 6.60. The number of hydrogen-bond acceptors (Lipinski definition) is 7. The molecular weight excluding hydrogens is 469 g/mol. The van der Waals surface area contributed by atoms with E-state index in [1.54, 1.807) is 18.2 Å². The summed E-state index contributed by atoms with van der Waals surface area (Å²) in [4.78, 5) is 27.8. The Morgan fingerprint density at radius 3 is 2.39 bits per heavy atom. The van der Waals surface area contributed by atoms with Crippen LogP contribution in [-0.2, 0) is 14.3 Å². The van der Waals surface area contributed by atoms with Crippen molar-refractivity contribution in [1.82, 2.24) is 4.90 Å². The predicted octanol–water partition coefficient (Wildman–Crippen LogP) is 4.48. The van der Waals surface area contributed by atoms with Gasteiger partial charge in [-0.3, -0.25) is 9.59 Å². The highest BCUT2D eigenvalue weighted by Crippen LogP contribution is 2.43. The van der Waals surface area contributed by atoms with E-state index in [9.17, 15) is 19.1 Å². The third-order valence-electron chi connectivity index (χ3n) is 5.75. The average molecular weight is 502 g/mol. The van der Waals surface area contributed by atoms with Crippen molar-refractivity contribution in [3.63, 3.8) is 0 Å². The number of halogens is 1. The molecule has 1 aliphatic heterocycles. The van der Waals surface area contributed by atoms with Gasteiger partial charge in [0.2, 0.25) is 0 Å². The molecule has 8 nitrogen and oxygen atoms in total. The second kappa shape index (κ2) is 11.9. The summed E-state index contributed by atoms with van der Waals surface area (Å²) in [5.74, 6) is -1.72. The molecule has 2 aromatic rings. The first-order valence-corrected chi connectivity index (χ1v) is 11.8. The summed E-state index contributed by atoms with van der Waals surface area (Å²) >= 11 is 0. The lowest BCUT2D eigenvalue weighted by Gasteiger charge is -2.26. The van der Waals surface area contributed by atoms with Gasteiger partial charge in [0.1, 0.15) is 17.3 Å². The summed E-state index contributed by atoms with van der Waals surface area (Å²) in [5.41, 5.74) is 0.337. The Morgan fingerprint density at radius 1 is 1.06 bits per heavy atom. The first kappa shape index (κ1) is 27.0. The molecule has 0 aliphatic carbocycles. The highest BCUT2D eigenvalue weighted by atomic mass is 19.1. The zero-order valence-corrected chi connectivity index (χ0v) is 21.2. The lowest BCUT2D eigenvalue weighted by Crippen LogP contribution is -2.31. The molecule has 9 heteroatoms. The summed E-state index contributed by atoms with van der Waals surface area (Å²) < 4.78 is 36.0. The van der Waals surface area contributed by atoms with E-state index in [-0.39, 0.29) is 29.5 Å². The summed E-state index contributed by atoms with van der Waals surface area (Å²) in [6, 6.07) is 7.69. The Hall–Kier alpha value is -3.59. The van der Waals surface area contributed by atoms with Gasteiger partial charge in [-0.25, -0.2) is 4.39 Å². The van der Waals surface area contributed by atoms with Crippen molar-refractivity contribution in [2.45, 2.75) is 39.3 Å². The van der Waals surface area contributed by atoms with Crippen LogP contribution in [0, 0.1) is 5.82 Å². The van der Waals surface area contributed by atoms with Crippen LogP contribution in [0.4, 0.5) is 4.39 Å². The first-order chi connectivity index (χ1) is 17.2. The van der Waals surface area contributed by atoms with Crippen LogP contribution >= 0.6 is 0 Å². The number of benzene rings is 2. The Balaban J connectivity index is 2.16. The first-order valence-electron chi connectivity index (χ1n) is 11.8. The van der Waals surface area contributed by atoms with E-state index in [0.717, 1.165) is 6.07 Å². The van der Waals surface area contributed by atoms with E-state index in [4.69, 9.17) is 18.9 Å². The van der Waals surface area contributed by atoms with Gasteiger partial charge >= 0.3 is 0 Å². The summed E-state index contributed by atoms with van der Waals surface area (Å²) in [5, 5.41) is 11.3. The molecule has 1 atom stereocenters. The van der Waals surface area contributed by atoms with E-state index in [1.807, 2.05) is 20.8 Å². The van der Waals surface area contributed by atoms with Gasteiger partial charge in [-0.05, 0) is 63.1 Å². The number of Topliss-reactive ketones (excluding diaryl/α,β-unsaturated/α-hetero) is 1. The third-order valence-corrected chi connectivity index (χ3v) is 5.75. The molecule has 1 saturated heterocycles. The maximum absolute atomic E-state index is 14.1. The van der Waals surface area contributed by atoms with Crippen molar-refractivity contribution < 1.29 is 38.0 Å². The molecule has 1 aliphatic rings. The van der Waals surface area contributed by atoms with Gasteiger partial charge in [0.25, 0.3) is 11.7 Å². The average Bonchev–Trinajstić information content (AvgIpc) is 3.11. The van der Waals surface area contributed by atoms with E-state index in [2.05, 4.69) is 0 Å². The molecule has 0 saturated carbocycles. The van der Waals surface area contributed by atoms with E-state index in [0.29, 0.717) is 36.7 Å². The number of aliphatic hydroxyl groups is 1. The summed E-state index contributed by atoms with van der Waals surface area (Å²) in [7, 11) is 2.88. The number of methoxy groups -OCH3 is 2. The van der Waals surface area contributed by atoms with Gasteiger partial charge in [-0.1, -0.05) is 6.07 Å². The maximum atomic E-state index is 14.1. The van der Waals surface area contributed by atoms with Crippen LogP contribution in [0.2, 0.25) is 0 Å². The molecular formula is C27H32FNO7. The highest BCUT2D eigenvalue weighted by Gasteiger charge is 2.46. The Labute approximate surface area is 210 Å². The number of rotatable bonds is 11. The van der Waals surface area contributed by atoms with Gasteiger partial charge in [-0.2, -0.15) is 0 Å². The van der Waals surface area contributed by atoms with Crippen LogP contribution in [0.15, 0.2) is 42.0 Å². The van der Waals surface area contributed by atoms with Gasteiger partial charge < -0.3 is 29.0 Å². The van der Waals surface area contributed by atoms with Crippen molar-refractivity contribution in [2.24, 2.45) is 0 Å². The number of ketones is 1. The molecule has 1 unspecified atom stereocenters. The molecule has 1 N–H and O–H groups in total. The number of carbonyl (C=O) groups is 2. The van der Waals surface area contributed by atoms with Crippen LogP contribution in [0.1, 0.15) is 44.4 Å². The third kappa shape index (κ3) is 5.62. The number of likely N-dealkylation sites (tertiary alicyclic amines) is 1. The van der Waals surface area contributed by atoms with Gasteiger partial charge in [0.05, 0.1) is 44.1 Å².